The average Bonchev–Trinajstić information content (AvgIpc) is 2.88. The summed E-state index contributed by atoms with van der Waals surface area (Å²) >= 11 is 4.30. The van der Waals surface area contributed by atoms with Crippen LogP contribution in [0, 0.1) is 6.92 Å². The summed E-state index contributed by atoms with van der Waals surface area (Å²) in [6.45, 7) is 1.83. The minimum atomic E-state index is -3.87. The highest BCUT2D eigenvalue weighted by atomic mass is 79.9. The molecular formula is C10H12BrNO5S2. The number of aliphatic carboxylic acids is 1. The first-order chi connectivity index (χ1) is 8.77. The van der Waals surface area contributed by atoms with Crippen LogP contribution in [0.5, 0.6) is 0 Å². The maximum atomic E-state index is 12.2. The Hall–Kier alpha value is -0.480. The predicted molar refractivity (Wildman–Crippen MR) is 72.9 cm³/mol. The van der Waals surface area contributed by atoms with Crippen LogP contribution in [0.1, 0.15) is 12.0 Å². The zero-order valence-electron chi connectivity index (χ0n) is 9.97. The first-order valence-electron chi connectivity index (χ1n) is 5.38. The van der Waals surface area contributed by atoms with Crippen molar-refractivity contribution in [1.82, 2.24) is 4.72 Å². The zero-order valence-corrected chi connectivity index (χ0v) is 13.2. The van der Waals surface area contributed by atoms with Crippen molar-refractivity contribution in [1.29, 1.82) is 0 Å². The highest BCUT2D eigenvalue weighted by Crippen LogP contribution is 2.32. The molecule has 0 aliphatic carbocycles. The van der Waals surface area contributed by atoms with Gasteiger partial charge in [0.15, 0.2) is 5.54 Å². The van der Waals surface area contributed by atoms with Crippen molar-refractivity contribution in [2.45, 2.75) is 23.1 Å². The summed E-state index contributed by atoms with van der Waals surface area (Å²) in [5, 5.41) is 9.22. The topological polar surface area (TPSA) is 92.7 Å². The number of halogens is 1. The van der Waals surface area contributed by atoms with E-state index in [1.165, 1.54) is 6.07 Å². The Bertz CT molecular complexity index is 584. The normalized spacial score (nSPS) is 23.7. The molecule has 0 aromatic carbocycles. The van der Waals surface area contributed by atoms with Crippen LogP contribution in [0.4, 0.5) is 0 Å². The zero-order chi connectivity index (χ0) is 14.3. The quantitative estimate of drug-likeness (QED) is 0.835. The molecule has 2 rings (SSSR count). The number of hydrogen-bond donors (Lipinski definition) is 2. The Kier molecular flexibility index (Phi) is 4.03. The predicted octanol–water partition coefficient (Wildman–Crippen LogP) is 1.34. The standard InChI is InChI=1S/C10H12BrNO5S2/c1-6-4-7(18-8(6)11)19(15,16)12-10(9(13)14)2-3-17-5-10/h4,12H,2-3,5H2,1H3,(H,13,14). The Morgan fingerprint density at radius 1 is 1.63 bits per heavy atom. The SMILES string of the molecule is Cc1cc(S(=O)(=O)NC2(C(=O)O)CCOC2)sc1Br. The number of rotatable bonds is 4. The molecule has 0 bridgehead atoms. The summed E-state index contributed by atoms with van der Waals surface area (Å²) in [4.78, 5) is 11.3. The van der Waals surface area contributed by atoms with Gasteiger partial charge in [-0.2, -0.15) is 4.72 Å². The monoisotopic (exact) mass is 369 g/mol. The minimum absolute atomic E-state index is 0.0874. The number of nitrogens with one attached hydrogen (secondary N) is 1. The average molecular weight is 370 g/mol. The molecule has 9 heteroatoms. The van der Waals surface area contributed by atoms with Crippen LogP contribution in [0.3, 0.4) is 0 Å². The van der Waals surface area contributed by atoms with Gasteiger partial charge in [-0.1, -0.05) is 0 Å². The molecule has 0 saturated carbocycles. The van der Waals surface area contributed by atoms with E-state index in [1.54, 1.807) is 6.92 Å². The summed E-state index contributed by atoms with van der Waals surface area (Å²) in [6.07, 6.45) is 0.118. The molecule has 106 valence electrons. The smallest absolute Gasteiger partial charge is 0.327 e. The maximum absolute atomic E-state index is 12.2. The largest absolute Gasteiger partial charge is 0.480 e. The summed E-state index contributed by atoms with van der Waals surface area (Å²) in [5.41, 5.74) is -0.777. The van der Waals surface area contributed by atoms with Gasteiger partial charge in [0.25, 0.3) is 10.0 Å². The lowest BCUT2D eigenvalue weighted by Crippen LogP contribution is -2.54. The first-order valence-corrected chi connectivity index (χ1v) is 8.47. The van der Waals surface area contributed by atoms with Gasteiger partial charge >= 0.3 is 5.97 Å². The van der Waals surface area contributed by atoms with Crippen molar-refractivity contribution in [3.05, 3.63) is 15.4 Å². The van der Waals surface area contributed by atoms with Gasteiger partial charge < -0.3 is 9.84 Å². The van der Waals surface area contributed by atoms with Gasteiger partial charge in [0.05, 0.1) is 10.4 Å². The third kappa shape index (κ3) is 2.84. The highest BCUT2D eigenvalue weighted by molar-refractivity contribution is 9.11. The fourth-order valence-electron chi connectivity index (χ4n) is 1.73. The lowest BCUT2D eigenvalue weighted by molar-refractivity contribution is -0.144. The molecule has 1 atom stereocenters. The van der Waals surface area contributed by atoms with Crippen molar-refractivity contribution in [2.24, 2.45) is 0 Å². The molecule has 2 N–H and O–H groups in total. The highest BCUT2D eigenvalue weighted by Gasteiger charge is 2.46. The summed E-state index contributed by atoms with van der Waals surface area (Å²) in [5.74, 6) is -1.22. The molecule has 1 aliphatic heterocycles. The molecular weight excluding hydrogens is 358 g/mol. The van der Waals surface area contributed by atoms with Gasteiger partial charge in [0.1, 0.15) is 4.21 Å². The number of thiophene rings is 1. The van der Waals surface area contributed by atoms with Crippen LogP contribution in [0.2, 0.25) is 0 Å². The lowest BCUT2D eigenvalue weighted by Gasteiger charge is -2.22. The van der Waals surface area contributed by atoms with Crippen molar-refractivity contribution < 1.29 is 23.1 Å². The van der Waals surface area contributed by atoms with Crippen molar-refractivity contribution in [3.8, 4) is 0 Å². The molecule has 1 aromatic rings. The van der Waals surface area contributed by atoms with E-state index < -0.39 is 21.5 Å². The van der Waals surface area contributed by atoms with E-state index in [0.717, 1.165) is 16.9 Å². The van der Waals surface area contributed by atoms with Crippen molar-refractivity contribution in [2.75, 3.05) is 13.2 Å². The van der Waals surface area contributed by atoms with Gasteiger partial charge in [-0.15, -0.1) is 11.3 Å². The Morgan fingerprint density at radius 3 is 2.74 bits per heavy atom. The molecule has 6 nitrogen and oxygen atoms in total. The Balaban J connectivity index is 2.33. The fourth-order valence-corrected chi connectivity index (χ4v) is 5.33. The van der Waals surface area contributed by atoms with E-state index in [1.807, 2.05) is 0 Å². The third-order valence-electron chi connectivity index (χ3n) is 2.86. The van der Waals surface area contributed by atoms with E-state index in [-0.39, 0.29) is 23.8 Å². The Morgan fingerprint density at radius 2 is 2.32 bits per heavy atom. The molecule has 1 unspecified atom stereocenters. The van der Waals surface area contributed by atoms with E-state index in [0.29, 0.717) is 3.79 Å². The summed E-state index contributed by atoms with van der Waals surface area (Å²) in [7, 11) is -3.87. The Labute approximate surface area is 123 Å². The molecule has 1 saturated heterocycles. The van der Waals surface area contributed by atoms with Gasteiger partial charge in [-0.05, 0) is 34.5 Å². The molecule has 0 amide bonds. The number of hydrogen-bond acceptors (Lipinski definition) is 5. The lowest BCUT2D eigenvalue weighted by atomic mass is 10.0. The van der Waals surface area contributed by atoms with Crippen LogP contribution in [-0.4, -0.2) is 38.2 Å². The number of carboxylic acid groups (broad SMARTS) is 1. The molecule has 1 aromatic heterocycles. The van der Waals surface area contributed by atoms with Crippen LogP contribution in [-0.2, 0) is 19.6 Å². The summed E-state index contributed by atoms with van der Waals surface area (Å²) in [6, 6.07) is 1.50. The van der Waals surface area contributed by atoms with Gasteiger partial charge in [0.2, 0.25) is 0 Å². The molecule has 0 radical (unpaired) electrons. The van der Waals surface area contributed by atoms with Crippen LogP contribution < -0.4 is 4.72 Å². The van der Waals surface area contributed by atoms with Crippen molar-refractivity contribution >= 4 is 43.3 Å². The van der Waals surface area contributed by atoms with Gasteiger partial charge in [0, 0.05) is 13.0 Å². The first kappa shape index (κ1) is 14.9. The molecule has 0 spiro atoms. The summed E-state index contributed by atoms with van der Waals surface area (Å²) < 4.78 is 32.5. The van der Waals surface area contributed by atoms with Crippen LogP contribution >= 0.6 is 27.3 Å². The van der Waals surface area contributed by atoms with Crippen molar-refractivity contribution in [3.63, 3.8) is 0 Å². The number of carbonyl (C=O) groups is 1. The second kappa shape index (κ2) is 5.13. The minimum Gasteiger partial charge on any atom is -0.480 e. The number of carboxylic acids is 1. The number of sulfonamides is 1. The van der Waals surface area contributed by atoms with E-state index in [4.69, 9.17) is 4.74 Å². The molecule has 1 aliphatic rings. The molecule has 1 fully saturated rings. The van der Waals surface area contributed by atoms with E-state index >= 15 is 0 Å². The van der Waals surface area contributed by atoms with Crippen LogP contribution in [0.25, 0.3) is 0 Å². The third-order valence-corrected chi connectivity index (χ3v) is 7.01. The number of aryl methyl sites for hydroxylation is 1. The number of ether oxygens (including phenoxy) is 1. The van der Waals surface area contributed by atoms with E-state index in [9.17, 15) is 18.3 Å². The fraction of sp³-hybridized carbons (Fsp3) is 0.500. The molecule has 2 heterocycles. The maximum Gasteiger partial charge on any atom is 0.327 e. The van der Waals surface area contributed by atoms with Crippen LogP contribution in [0.15, 0.2) is 14.1 Å². The van der Waals surface area contributed by atoms with E-state index in [2.05, 4.69) is 20.7 Å². The van der Waals surface area contributed by atoms with Gasteiger partial charge in [-0.25, -0.2) is 8.42 Å². The van der Waals surface area contributed by atoms with Gasteiger partial charge in [-0.3, -0.25) is 4.79 Å². The second-order valence-electron chi connectivity index (χ2n) is 4.32. The second-order valence-corrected chi connectivity index (χ2v) is 8.60. The molecule has 19 heavy (non-hydrogen) atoms.